The van der Waals surface area contributed by atoms with Crippen molar-refractivity contribution in [2.45, 2.75) is 11.4 Å². The number of hydrogen-bond donors (Lipinski definition) is 1. The lowest BCUT2D eigenvalue weighted by Crippen LogP contribution is -2.21. The molecular formula is C6H3F4N3O5S. The maximum Gasteiger partial charge on any atom is 0.573 e. The smallest absolute Gasteiger partial charge is 0.393 e. The third kappa shape index (κ3) is 3.72. The highest BCUT2D eigenvalue weighted by molar-refractivity contribution is 7.89. The molecule has 0 bridgehead atoms. The number of nitro groups is 1. The van der Waals surface area contributed by atoms with Crippen molar-refractivity contribution in [2.75, 3.05) is 0 Å². The Morgan fingerprint density at radius 3 is 2.32 bits per heavy atom. The highest BCUT2D eigenvalue weighted by atomic mass is 32.2. The Balaban J connectivity index is 3.53. The third-order valence-electron chi connectivity index (χ3n) is 1.57. The first-order valence-electron chi connectivity index (χ1n) is 4.05. The molecule has 1 aromatic rings. The highest BCUT2D eigenvalue weighted by Gasteiger charge is 2.38. The average Bonchev–Trinajstić information content (AvgIpc) is 2.16. The Bertz CT molecular complexity index is 628. The number of nitrogens with two attached hydrogens (primary N) is 1. The summed E-state index contributed by atoms with van der Waals surface area (Å²) in [5.41, 5.74) is 0. The summed E-state index contributed by atoms with van der Waals surface area (Å²) in [6.07, 6.45) is -5.42. The fourth-order valence-electron chi connectivity index (χ4n) is 0.948. The first-order valence-corrected chi connectivity index (χ1v) is 5.60. The first-order chi connectivity index (χ1) is 8.42. The van der Waals surface area contributed by atoms with E-state index in [0.717, 1.165) is 0 Å². The maximum atomic E-state index is 13.2. The van der Waals surface area contributed by atoms with Crippen molar-refractivity contribution in [3.8, 4) is 5.75 Å². The maximum absolute atomic E-state index is 13.2. The van der Waals surface area contributed by atoms with Crippen LogP contribution in [0.15, 0.2) is 11.1 Å². The predicted molar refractivity (Wildman–Crippen MR) is 48.9 cm³/mol. The van der Waals surface area contributed by atoms with E-state index in [0.29, 0.717) is 0 Å². The van der Waals surface area contributed by atoms with Crippen molar-refractivity contribution >= 4 is 15.8 Å². The molecule has 0 atom stereocenters. The molecule has 0 aromatic carbocycles. The zero-order valence-corrected chi connectivity index (χ0v) is 9.33. The largest absolute Gasteiger partial charge is 0.573 e. The van der Waals surface area contributed by atoms with Crippen LogP contribution in [0.5, 0.6) is 5.75 Å². The molecule has 1 rings (SSSR count). The van der Waals surface area contributed by atoms with Gasteiger partial charge in [0.1, 0.15) is 0 Å². The predicted octanol–water partition coefficient (Wildman–Crippen LogP) is 0.675. The molecule has 0 unspecified atom stereocenters. The van der Waals surface area contributed by atoms with Gasteiger partial charge in [0.2, 0.25) is 0 Å². The fraction of sp³-hybridized carbons (Fsp3) is 0.167. The van der Waals surface area contributed by atoms with Crippen molar-refractivity contribution < 1.29 is 35.6 Å². The molecule has 2 N–H and O–H groups in total. The summed E-state index contributed by atoms with van der Waals surface area (Å²) in [6.45, 7) is 0. The molecule has 8 nitrogen and oxygen atoms in total. The number of aromatic nitrogens is 1. The summed E-state index contributed by atoms with van der Waals surface area (Å²) >= 11 is 0. The number of hydrogen-bond acceptors (Lipinski definition) is 6. The number of primary sulfonamides is 1. The van der Waals surface area contributed by atoms with Gasteiger partial charge in [-0.05, 0) is 9.91 Å². The lowest BCUT2D eigenvalue weighted by atomic mass is 10.4. The van der Waals surface area contributed by atoms with E-state index in [4.69, 9.17) is 0 Å². The Labute approximate surface area is 102 Å². The van der Waals surface area contributed by atoms with Crippen LogP contribution in [0.4, 0.5) is 23.4 Å². The number of nitrogens with zero attached hydrogens (tertiary/aromatic N) is 2. The van der Waals surface area contributed by atoms with Gasteiger partial charge in [-0.15, -0.1) is 13.2 Å². The van der Waals surface area contributed by atoms with Crippen molar-refractivity contribution in [1.29, 1.82) is 0 Å². The Morgan fingerprint density at radius 2 is 1.95 bits per heavy atom. The number of halogens is 4. The van der Waals surface area contributed by atoms with Crippen LogP contribution in [-0.4, -0.2) is 24.7 Å². The van der Waals surface area contributed by atoms with Gasteiger partial charge in [0, 0.05) is 6.07 Å². The van der Waals surface area contributed by atoms with Crippen molar-refractivity contribution in [1.82, 2.24) is 4.98 Å². The van der Waals surface area contributed by atoms with Crippen LogP contribution in [0, 0.1) is 15.9 Å². The molecule has 0 saturated heterocycles. The van der Waals surface area contributed by atoms with Gasteiger partial charge < -0.3 is 14.9 Å². The normalized spacial score (nSPS) is 12.3. The van der Waals surface area contributed by atoms with Crippen LogP contribution in [0.1, 0.15) is 0 Å². The van der Waals surface area contributed by atoms with E-state index in [9.17, 15) is 36.1 Å². The van der Waals surface area contributed by atoms with Crippen molar-refractivity contribution in [2.24, 2.45) is 5.14 Å². The molecular weight excluding hydrogens is 302 g/mol. The summed E-state index contributed by atoms with van der Waals surface area (Å²) in [5.74, 6) is -5.56. The monoisotopic (exact) mass is 305 g/mol. The molecule has 0 aliphatic heterocycles. The minimum absolute atomic E-state index is 0.0244. The molecule has 0 fully saturated rings. The van der Waals surface area contributed by atoms with Gasteiger partial charge in [-0.3, -0.25) is 0 Å². The van der Waals surface area contributed by atoms with Gasteiger partial charge in [0.25, 0.3) is 20.8 Å². The summed E-state index contributed by atoms with van der Waals surface area (Å²) in [7, 11) is -4.63. The first kappa shape index (κ1) is 15.0. The van der Waals surface area contributed by atoms with Gasteiger partial charge in [0.05, 0.1) is 0 Å². The van der Waals surface area contributed by atoms with Crippen LogP contribution in [-0.2, 0) is 10.0 Å². The lowest BCUT2D eigenvalue weighted by molar-refractivity contribution is -0.394. The van der Waals surface area contributed by atoms with Crippen molar-refractivity contribution in [3.63, 3.8) is 0 Å². The van der Waals surface area contributed by atoms with E-state index in [2.05, 4.69) is 14.9 Å². The molecule has 0 aliphatic carbocycles. The quantitative estimate of drug-likeness (QED) is 0.497. The molecule has 13 heteroatoms. The van der Waals surface area contributed by atoms with Crippen molar-refractivity contribution in [3.05, 3.63) is 22.0 Å². The Hall–Kier alpha value is -2.02. The van der Waals surface area contributed by atoms with Crippen LogP contribution in [0.25, 0.3) is 0 Å². The summed E-state index contributed by atoms with van der Waals surface area (Å²) < 4.78 is 73.7. The van der Waals surface area contributed by atoms with Gasteiger partial charge in [-0.25, -0.2) is 17.9 Å². The second-order valence-corrected chi connectivity index (χ2v) is 4.45. The number of pyridine rings is 1. The number of alkyl halides is 3. The number of sulfonamides is 1. The number of rotatable bonds is 3. The highest BCUT2D eigenvalue weighted by Crippen LogP contribution is 2.33. The Kier molecular flexibility index (Phi) is 3.63. The molecule has 0 amide bonds. The average molecular weight is 305 g/mol. The lowest BCUT2D eigenvalue weighted by Gasteiger charge is -2.09. The molecule has 1 heterocycles. The van der Waals surface area contributed by atoms with E-state index in [1.165, 1.54) is 0 Å². The molecule has 1 aromatic heterocycles. The summed E-state index contributed by atoms with van der Waals surface area (Å²) in [4.78, 5) is 11.6. The molecule has 0 aliphatic rings. The van der Waals surface area contributed by atoms with E-state index in [-0.39, 0.29) is 6.07 Å². The molecule has 106 valence electrons. The third-order valence-corrected chi connectivity index (χ3v) is 2.36. The number of ether oxygens (including phenoxy) is 1. The topological polar surface area (TPSA) is 125 Å². The molecule has 19 heavy (non-hydrogen) atoms. The van der Waals surface area contributed by atoms with Crippen LogP contribution < -0.4 is 9.88 Å². The van der Waals surface area contributed by atoms with Gasteiger partial charge in [-0.2, -0.15) is 0 Å². The second kappa shape index (κ2) is 4.58. The van der Waals surface area contributed by atoms with E-state index in [1.807, 2.05) is 0 Å². The fourth-order valence-corrected chi connectivity index (χ4v) is 1.43. The SMILES string of the molecule is NS(=O)(=O)c1cc(F)c(OC(F)(F)F)c([N+](=O)[O-])n1. The zero-order chi connectivity index (χ0) is 15.0. The second-order valence-electron chi connectivity index (χ2n) is 2.94. The van der Waals surface area contributed by atoms with E-state index < -0.39 is 43.7 Å². The minimum Gasteiger partial charge on any atom is -0.393 e. The zero-order valence-electron chi connectivity index (χ0n) is 8.51. The van der Waals surface area contributed by atoms with E-state index >= 15 is 0 Å². The van der Waals surface area contributed by atoms with Crippen LogP contribution in [0.2, 0.25) is 0 Å². The van der Waals surface area contributed by atoms with E-state index in [1.54, 1.807) is 0 Å². The van der Waals surface area contributed by atoms with Crippen LogP contribution in [0.3, 0.4) is 0 Å². The molecule has 0 spiro atoms. The minimum atomic E-state index is -5.42. The summed E-state index contributed by atoms with van der Waals surface area (Å²) in [5, 5.41) is 13.7. The molecule has 0 radical (unpaired) electrons. The molecule has 0 saturated carbocycles. The standard InChI is InChI=1S/C6H3F4N3O5S/c7-2-1-3(19(11,16)17)12-5(13(14)15)4(2)18-6(8,9)10/h1H,(H2,11,16,17). The van der Waals surface area contributed by atoms with Crippen LogP contribution >= 0.6 is 0 Å². The Morgan fingerprint density at radius 1 is 1.42 bits per heavy atom. The summed E-state index contributed by atoms with van der Waals surface area (Å²) in [6, 6.07) is -0.0244. The van der Waals surface area contributed by atoms with Gasteiger partial charge >= 0.3 is 12.2 Å². The van der Waals surface area contributed by atoms with Gasteiger partial charge in [0.15, 0.2) is 5.82 Å². The van der Waals surface area contributed by atoms with Gasteiger partial charge in [-0.1, -0.05) is 0 Å².